The number of aromatic nitrogens is 2. The molecule has 1 atom stereocenters. The second-order valence-corrected chi connectivity index (χ2v) is 4.07. The SMILES string of the molecule is CCc1ccc2nc(CC(C)N)[nH]c2c1. The van der Waals surface area contributed by atoms with Crippen LogP contribution in [0.25, 0.3) is 11.0 Å². The van der Waals surface area contributed by atoms with Gasteiger partial charge in [-0.25, -0.2) is 4.98 Å². The molecule has 80 valence electrons. The molecule has 2 aromatic rings. The quantitative estimate of drug-likeness (QED) is 0.801. The molecule has 0 aliphatic rings. The fourth-order valence-electron chi connectivity index (χ4n) is 1.73. The second-order valence-electron chi connectivity index (χ2n) is 4.07. The monoisotopic (exact) mass is 203 g/mol. The Morgan fingerprint density at radius 1 is 1.47 bits per heavy atom. The van der Waals surface area contributed by atoms with E-state index >= 15 is 0 Å². The second kappa shape index (κ2) is 4.03. The van der Waals surface area contributed by atoms with Gasteiger partial charge in [0.1, 0.15) is 5.82 Å². The van der Waals surface area contributed by atoms with Crippen molar-refractivity contribution in [3.8, 4) is 0 Å². The van der Waals surface area contributed by atoms with Crippen LogP contribution in [0.2, 0.25) is 0 Å². The number of imidazole rings is 1. The maximum atomic E-state index is 5.74. The summed E-state index contributed by atoms with van der Waals surface area (Å²) < 4.78 is 0. The molecule has 0 bridgehead atoms. The zero-order valence-electron chi connectivity index (χ0n) is 9.25. The van der Waals surface area contributed by atoms with Crippen molar-refractivity contribution in [2.24, 2.45) is 5.73 Å². The van der Waals surface area contributed by atoms with Crippen molar-refractivity contribution in [2.45, 2.75) is 32.7 Å². The topological polar surface area (TPSA) is 54.7 Å². The number of rotatable bonds is 3. The lowest BCUT2D eigenvalue weighted by Crippen LogP contribution is -2.18. The van der Waals surface area contributed by atoms with Crippen LogP contribution >= 0.6 is 0 Å². The molecule has 0 saturated heterocycles. The van der Waals surface area contributed by atoms with E-state index in [-0.39, 0.29) is 6.04 Å². The summed E-state index contributed by atoms with van der Waals surface area (Å²) >= 11 is 0. The van der Waals surface area contributed by atoms with Gasteiger partial charge in [0.05, 0.1) is 11.0 Å². The number of nitrogens with one attached hydrogen (secondary N) is 1. The van der Waals surface area contributed by atoms with Crippen LogP contribution in [0.4, 0.5) is 0 Å². The third kappa shape index (κ3) is 2.18. The smallest absolute Gasteiger partial charge is 0.108 e. The first-order chi connectivity index (χ1) is 7.19. The third-order valence-corrected chi connectivity index (χ3v) is 2.52. The van der Waals surface area contributed by atoms with Crippen molar-refractivity contribution in [1.82, 2.24) is 9.97 Å². The van der Waals surface area contributed by atoms with Gasteiger partial charge in [-0.15, -0.1) is 0 Å². The fourth-order valence-corrected chi connectivity index (χ4v) is 1.73. The van der Waals surface area contributed by atoms with Crippen LogP contribution in [-0.4, -0.2) is 16.0 Å². The van der Waals surface area contributed by atoms with Gasteiger partial charge in [0.15, 0.2) is 0 Å². The Kier molecular flexibility index (Phi) is 2.73. The van der Waals surface area contributed by atoms with Crippen molar-refractivity contribution in [2.75, 3.05) is 0 Å². The number of hydrogen-bond acceptors (Lipinski definition) is 2. The first-order valence-corrected chi connectivity index (χ1v) is 5.42. The summed E-state index contributed by atoms with van der Waals surface area (Å²) in [6.07, 6.45) is 1.85. The molecule has 0 aliphatic carbocycles. The van der Waals surface area contributed by atoms with E-state index in [9.17, 15) is 0 Å². The minimum atomic E-state index is 0.149. The first-order valence-electron chi connectivity index (χ1n) is 5.42. The Bertz CT molecular complexity index is 457. The van der Waals surface area contributed by atoms with Crippen molar-refractivity contribution in [3.05, 3.63) is 29.6 Å². The van der Waals surface area contributed by atoms with Crippen molar-refractivity contribution >= 4 is 11.0 Å². The van der Waals surface area contributed by atoms with Gasteiger partial charge in [0, 0.05) is 12.5 Å². The highest BCUT2D eigenvalue weighted by Gasteiger charge is 2.04. The Labute approximate surface area is 89.7 Å². The summed E-state index contributed by atoms with van der Waals surface area (Å²) in [5.74, 6) is 0.980. The zero-order chi connectivity index (χ0) is 10.8. The van der Waals surface area contributed by atoms with Crippen LogP contribution < -0.4 is 5.73 Å². The summed E-state index contributed by atoms with van der Waals surface area (Å²) in [5, 5.41) is 0. The summed E-state index contributed by atoms with van der Waals surface area (Å²) in [6, 6.07) is 6.50. The highest BCUT2D eigenvalue weighted by molar-refractivity contribution is 5.75. The highest BCUT2D eigenvalue weighted by atomic mass is 14.9. The lowest BCUT2D eigenvalue weighted by molar-refractivity contribution is 0.712. The van der Waals surface area contributed by atoms with Gasteiger partial charge in [0.25, 0.3) is 0 Å². The number of aromatic amines is 1. The summed E-state index contributed by atoms with van der Waals surface area (Å²) in [6.45, 7) is 4.14. The lowest BCUT2D eigenvalue weighted by atomic mass is 10.1. The molecule has 0 aliphatic heterocycles. The molecule has 1 aromatic heterocycles. The number of H-pyrrole nitrogens is 1. The minimum Gasteiger partial charge on any atom is -0.342 e. The van der Waals surface area contributed by atoms with Gasteiger partial charge >= 0.3 is 0 Å². The van der Waals surface area contributed by atoms with Crippen molar-refractivity contribution < 1.29 is 0 Å². The van der Waals surface area contributed by atoms with E-state index in [0.29, 0.717) is 0 Å². The number of aryl methyl sites for hydroxylation is 1. The first kappa shape index (κ1) is 10.2. The molecule has 2 rings (SSSR count). The Balaban J connectivity index is 2.37. The van der Waals surface area contributed by atoms with E-state index in [1.165, 1.54) is 5.56 Å². The van der Waals surface area contributed by atoms with Gasteiger partial charge in [-0.3, -0.25) is 0 Å². The number of fused-ring (bicyclic) bond motifs is 1. The van der Waals surface area contributed by atoms with Gasteiger partial charge in [-0.2, -0.15) is 0 Å². The summed E-state index contributed by atoms with van der Waals surface area (Å²) in [5.41, 5.74) is 9.22. The summed E-state index contributed by atoms with van der Waals surface area (Å²) in [4.78, 5) is 7.80. The largest absolute Gasteiger partial charge is 0.342 e. The van der Waals surface area contributed by atoms with Gasteiger partial charge in [-0.05, 0) is 31.0 Å². The predicted molar refractivity (Wildman–Crippen MR) is 62.8 cm³/mol. The van der Waals surface area contributed by atoms with Gasteiger partial charge < -0.3 is 10.7 Å². The van der Waals surface area contributed by atoms with Gasteiger partial charge in [0.2, 0.25) is 0 Å². The Morgan fingerprint density at radius 3 is 2.93 bits per heavy atom. The molecule has 1 unspecified atom stereocenters. The van der Waals surface area contributed by atoms with Crippen molar-refractivity contribution in [1.29, 1.82) is 0 Å². The molecule has 1 heterocycles. The Morgan fingerprint density at radius 2 is 2.27 bits per heavy atom. The van der Waals surface area contributed by atoms with Crippen LogP contribution in [0.5, 0.6) is 0 Å². The maximum absolute atomic E-state index is 5.74. The standard InChI is InChI=1S/C12H17N3/c1-3-9-4-5-10-11(7-9)15-12(14-10)6-8(2)13/h4-5,7-8H,3,6,13H2,1-2H3,(H,14,15). The molecule has 0 radical (unpaired) electrons. The Hall–Kier alpha value is -1.35. The van der Waals surface area contributed by atoms with E-state index in [1.807, 2.05) is 6.92 Å². The van der Waals surface area contributed by atoms with Crippen LogP contribution in [0.15, 0.2) is 18.2 Å². The van der Waals surface area contributed by atoms with Crippen LogP contribution in [0, 0.1) is 0 Å². The van der Waals surface area contributed by atoms with Crippen molar-refractivity contribution in [3.63, 3.8) is 0 Å². The van der Waals surface area contributed by atoms with Crippen LogP contribution in [-0.2, 0) is 12.8 Å². The normalized spacial score (nSPS) is 13.3. The number of hydrogen-bond donors (Lipinski definition) is 2. The van der Waals surface area contributed by atoms with E-state index < -0.39 is 0 Å². The molecule has 3 nitrogen and oxygen atoms in total. The third-order valence-electron chi connectivity index (χ3n) is 2.52. The van der Waals surface area contributed by atoms with E-state index in [0.717, 1.165) is 29.7 Å². The molecule has 1 aromatic carbocycles. The van der Waals surface area contributed by atoms with E-state index in [4.69, 9.17) is 5.73 Å². The molecule has 15 heavy (non-hydrogen) atoms. The summed E-state index contributed by atoms with van der Waals surface area (Å²) in [7, 11) is 0. The highest BCUT2D eigenvalue weighted by Crippen LogP contribution is 2.14. The zero-order valence-corrected chi connectivity index (χ0v) is 9.25. The number of nitrogens with zero attached hydrogens (tertiary/aromatic N) is 1. The molecular formula is C12H17N3. The molecule has 0 fully saturated rings. The van der Waals surface area contributed by atoms with E-state index in [1.54, 1.807) is 0 Å². The maximum Gasteiger partial charge on any atom is 0.108 e. The molecule has 3 heteroatoms. The number of nitrogens with two attached hydrogens (primary N) is 1. The number of benzene rings is 1. The van der Waals surface area contributed by atoms with Gasteiger partial charge in [-0.1, -0.05) is 13.0 Å². The molecular weight excluding hydrogens is 186 g/mol. The predicted octanol–water partition coefficient (Wildman–Crippen LogP) is 2.01. The molecule has 0 spiro atoms. The van der Waals surface area contributed by atoms with Crippen LogP contribution in [0.3, 0.4) is 0 Å². The average molecular weight is 203 g/mol. The molecule has 3 N–H and O–H groups in total. The van der Waals surface area contributed by atoms with Crippen LogP contribution in [0.1, 0.15) is 25.2 Å². The minimum absolute atomic E-state index is 0.149. The molecule has 0 saturated carbocycles. The fraction of sp³-hybridized carbons (Fsp3) is 0.417. The molecule has 0 amide bonds. The lowest BCUT2D eigenvalue weighted by Gasteiger charge is -1.99. The average Bonchev–Trinajstić information content (AvgIpc) is 2.57. The van der Waals surface area contributed by atoms with E-state index in [2.05, 4.69) is 35.1 Å².